The summed E-state index contributed by atoms with van der Waals surface area (Å²) in [7, 11) is 0. The summed E-state index contributed by atoms with van der Waals surface area (Å²) in [4.78, 5) is 29.0. The lowest BCUT2D eigenvalue weighted by Crippen LogP contribution is -2.18. The van der Waals surface area contributed by atoms with Crippen LogP contribution in [0.2, 0.25) is 0 Å². The third-order valence-corrected chi connectivity index (χ3v) is 5.51. The molecule has 0 saturated carbocycles. The maximum absolute atomic E-state index is 14.2. The van der Waals surface area contributed by atoms with Crippen LogP contribution in [0.3, 0.4) is 0 Å². The molecule has 0 atom stereocenters. The Labute approximate surface area is 196 Å². The number of halogens is 4. The molecule has 0 unspecified atom stereocenters. The maximum Gasteiger partial charge on any atom is 0.416 e. The third-order valence-electron chi connectivity index (χ3n) is 5.51. The molecule has 2 heterocycles. The van der Waals surface area contributed by atoms with Gasteiger partial charge in [0.15, 0.2) is 0 Å². The highest BCUT2D eigenvalue weighted by Crippen LogP contribution is 2.29. The number of hydrogen-bond acceptors (Lipinski definition) is 4. The van der Waals surface area contributed by atoms with Crippen LogP contribution in [0, 0.1) is 19.7 Å². The Balaban J connectivity index is 1.61. The molecule has 180 valence electrons. The Morgan fingerprint density at radius 3 is 2.40 bits per heavy atom. The van der Waals surface area contributed by atoms with E-state index in [0.717, 1.165) is 24.3 Å². The first kappa shape index (κ1) is 23.9. The quantitative estimate of drug-likeness (QED) is 0.403. The van der Waals surface area contributed by atoms with Gasteiger partial charge in [-0.1, -0.05) is 18.2 Å². The van der Waals surface area contributed by atoms with E-state index in [1.54, 1.807) is 18.5 Å². The smallest absolute Gasteiger partial charge is 0.366 e. The van der Waals surface area contributed by atoms with Crippen LogP contribution in [0.1, 0.15) is 43.4 Å². The van der Waals surface area contributed by atoms with Crippen molar-refractivity contribution in [3.63, 3.8) is 0 Å². The number of amides is 2. The number of hydrogen-bond donors (Lipinski definition) is 2. The summed E-state index contributed by atoms with van der Waals surface area (Å²) >= 11 is 0. The van der Waals surface area contributed by atoms with Gasteiger partial charge in [-0.3, -0.25) is 14.3 Å². The average Bonchev–Trinajstić information content (AvgIpc) is 3.05. The van der Waals surface area contributed by atoms with Crippen molar-refractivity contribution in [1.82, 2.24) is 14.8 Å². The lowest BCUT2D eigenvalue weighted by atomic mass is 10.1. The number of rotatable bonds is 5. The average molecular weight is 485 g/mol. The molecule has 0 fully saturated rings. The highest BCUT2D eigenvalue weighted by molar-refractivity contribution is 6.10. The number of fused-ring (bicyclic) bond motifs is 1. The standard InChI is InChI=1S/C24H19F4N5O2/c1-12-21(13(2)33(32-12)11-14-6-8-15(9-7-14)24(26,27)28)31-23(35)19-10-16(22(29)34)20-17(25)4-3-5-18(20)30-19/h3-10H,11H2,1-2H3,(H2,29,34)(H,31,35). The number of alkyl halides is 3. The summed E-state index contributed by atoms with van der Waals surface area (Å²) in [5, 5.41) is 6.99. The van der Waals surface area contributed by atoms with Crippen LogP contribution in [0.25, 0.3) is 10.9 Å². The van der Waals surface area contributed by atoms with Gasteiger partial charge < -0.3 is 11.1 Å². The number of aromatic nitrogens is 3. The first-order valence-electron chi connectivity index (χ1n) is 10.4. The molecule has 0 aliphatic heterocycles. The number of primary amides is 1. The van der Waals surface area contributed by atoms with Gasteiger partial charge in [-0.05, 0) is 49.7 Å². The Morgan fingerprint density at radius 1 is 1.09 bits per heavy atom. The Bertz CT molecular complexity index is 1460. The van der Waals surface area contributed by atoms with Crippen LogP contribution >= 0.6 is 0 Å². The van der Waals surface area contributed by atoms with Crippen molar-refractivity contribution in [3.05, 3.63) is 88.1 Å². The van der Waals surface area contributed by atoms with Crippen LogP contribution < -0.4 is 11.1 Å². The maximum atomic E-state index is 14.2. The Kier molecular flexibility index (Phi) is 6.01. The number of carbonyl (C=O) groups excluding carboxylic acids is 2. The summed E-state index contributed by atoms with van der Waals surface area (Å²) in [6.07, 6.45) is -4.43. The van der Waals surface area contributed by atoms with Gasteiger partial charge in [0.2, 0.25) is 5.91 Å². The van der Waals surface area contributed by atoms with Crippen LogP contribution in [-0.4, -0.2) is 26.6 Å². The zero-order chi connectivity index (χ0) is 25.5. The van der Waals surface area contributed by atoms with E-state index in [1.165, 1.54) is 24.3 Å². The van der Waals surface area contributed by atoms with Gasteiger partial charge in [0.25, 0.3) is 5.91 Å². The fraction of sp³-hybridized carbons (Fsp3) is 0.167. The summed E-state index contributed by atoms with van der Waals surface area (Å²) < 4.78 is 54.2. The number of aryl methyl sites for hydroxylation is 1. The van der Waals surface area contributed by atoms with Gasteiger partial charge in [0.05, 0.1) is 40.3 Å². The van der Waals surface area contributed by atoms with Crippen molar-refractivity contribution >= 4 is 28.4 Å². The number of benzene rings is 2. The van der Waals surface area contributed by atoms with Gasteiger partial charge in [-0.25, -0.2) is 9.37 Å². The molecule has 3 N–H and O–H groups in total. The van der Waals surface area contributed by atoms with Gasteiger partial charge in [-0.15, -0.1) is 0 Å². The van der Waals surface area contributed by atoms with E-state index in [9.17, 15) is 27.2 Å². The number of pyridine rings is 1. The van der Waals surface area contributed by atoms with E-state index in [4.69, 9.17) is 5.73 Å². The first-order valence-corrected chi connectivity index (χ1v) is 10.4. The molecular formula is C24H19F4N5O2. The van der Waals surface area contributed by atoms with E-state index in [2.05, 4.69) is 15.4 Å². The molecular weight excluding hydrogens is 466 g/mol. The normalized spacial score (nSPS) is 11.6. The molecule has 11 heteroatoms. The second kappa shape index (κ2) is 8.82. The number of nitrogens with zero attached hydrogens (tertiary/aromatic N) is 3. The number of nitrogens with one attached hydrogen (secondary N) is 1. The summed E-state index contributed by atoms with van der Waals surface area (Å²) in [5.41, 5.74) is 6.39. The van der Waals surface area contributed by atoms with Crippen LogP contribution in [-0.2, 0) is 12.7 Å². The molecule has 7 nitrogen and oxygen atoms in total. The van der Waals surface area contributed by atoms with E-state index in [-0.39, 0.29) is 28.7 Å². The van der Waals surface area contributed by atoms with Crippen LogP contribution in [0.4, 0.5) is 23.2 Å². The van der Waals surface area contributed by atoms with E-state index in [1.807, 2.05) is 0 Å². The Morgan fingerprint density at radius 2 is 1.77 bits per heavy atom. The number of nitrogens with two attached hydrogens (primary N) is 1. The van der Waals surface area contributed by atoms with Gasteiger partial charge in [0.1, 0.15) is 11.5 Å². The molecule has 0 aliphatic rings. The fourth-order valence-electron chi connectivity index (χ4n) is 3.74. The molecule has 4 aromatic rings. The monoisotopic (exact) mass is 485 g/mol. The first-order chi connectivity index (χ1) is 16.5. The largest absolute Gasteiger partial charge is 0.416 e. The summed E-state index contributed by atoms with van der Waals surface area (Å²) in [5.74, 6) is -2.26. The summed E-state index contributed by atoms with van der Waals surface area (Å²) in [6, 6.07) is 9.86. The van der Waals surface area contributed by atoms with Crippen molar-refractivity contribution in [2.75, 3.05) is 5.32 Å². The molecule has 0 saturated heterocycles. The molecule has 0 aliphatic carbocycles. The highest BCUT2D eigenvalue weighted by Gasteiger charge is 2.30. The zero-order valence-electron chi connectivity index (χ0n) is 18.6. The summed E-state index contributed by atoms with van der Waals surface area (Å²) in [6.45, 7) is 3.53. The predicted molar refractivity (Wildman–Crippen MR) is 120 cm³/mol. The van der Waals surface area contributed by atoms with E-state index >= 15 is 0 Å². The molecule has 2 aromatic carbocycles. The van der Waals surface area contributed by atoms with Crippen molar-refractivity contribution in [3.8, 4) is 0 Å². The molecule has 2 aromatic heterocycles. The van der Waals surface area contributed by atoms with Crippen molar-refractivity contribution in [2.45, 2.75) is 26.6 Å². The molecule has 4 rings (SSSR count). The lowest BCUT2D eigenvalue weighted by molar-refractivity contribution is -0.137. The van der Waals surface area contributed by atoms with Crippen LogP contribution in [0.5, 0.6) is 0 Å². The Hall–Kier alpha value is -4.28. The minimum absolute atomic E-state index is 0.0757. The van der Waals surface area contributed by atoms with Crippen molar-refractivity contribution < 1.29 is 27.2 Å². The van der Waals surface area contributed by atoms with Crippen molar-refractivity contribution in [2.24, 2.45) is 5.73 Å². The molecule has 0 bridgehead atoms. The second-order valence-corrected chi connectivity index (χ2v) is 7.91. The lowest BCUT2D eigenvalue weighted by Gasteiger charge is -2.10. The highest BCUT2D eigenvalue weighted by atomic mass is 19.4. The molecule has 2 amide bonds. The topological polar surface area (TPSA) is 103 Å². The minimum atomic E-state index is -4.43. The van der Waals surface area contributed by atoms with E-state index < -0.39 is 29.4 Å². The van der Waals surface area contributed by atoms with Gasteiger partial charge >= 0.3 is 6.18 Å². The van der Waals surface area contributed by atoms with E-state index in [0.29, 0.717) is 22.6 Å². The fourth-order valence-corrected chi connectivity index (χ4v) is 3.74. The third kappa shape index (κ3) is 4.70. The van der Waals surface area contributed by atoms with Gasteiger partial charge in [-0.2, -0.15) is 18.3 Å². The van der Waals surface area contributed by atoms with Crippen molar-refractivity contribution in [1.29, 1.82) is 0 Å². The molecule has 35 heavy (non-hydrogen) atoms. The number of carbonyl (C=O) groups is 2. The zero-order valence-corrected chi connectivity index (χ0v) is 18.6. The SMILES string of the molecule is Cc1nn(Cc2ccc(C(F)(F)F)cc2)c(C)c1NC(=O)c1cc(C(N)=O)c2c(F)cccc2n1. The number of anilines is 1. The predicted octanol–water partition coefficient (Wildman–Crippen LogP) is 4.61. The molecule has 0 spiro atoms. The van der Waals surface area contributed by atoms with Crippen LogP contribution in [0.15, 0.2) is 48.5 Å². The second-order valence-electron chi connectivity index (χ2n) is 7.91. The van der Waals surface area contributed by atoms with Gasteiger partial charge in [0, 0.05) is 5.39 Å². The molecule has 0 radical (unpaired) electrons. The minimum Gasteiger partial charge on any atom is -0.366 e.